The lowest BCUT2D eigenvalue weighted by molar-refractivity contribution is -0.133. The van der Waals surface area contributed by atoms with Crippen LogP contribution in [0, 0.1) is 0 Å². The Balaban J connectivity index is 1.45. The van der Waals surface area contributed by atoms with Crippen molar-refractivity contribution in [1.29, 1.82) is 0 Å². The molecule has 5 rings (SSSR count). The summed E-state index contributed by atoms with van der Waals surface area (Å²) in [6.45, 7) is 4.51. The molecule has 3 heterocycles. The third kappa shape index (κ3) is 4.78. The lowest BCUT2D eigenvalue weighted by Crippen LogP contribution is -2.48. The van der Waals surface area contributed by atoms with E-state index >= 15 is 0 Å². The molecule has 2 aromatic heterocycles. The van der Waals surface area contributed by atoms with E-state index in [1.54, 1.807) is 23.3 Å². The molecule has 9 nitrogen and oxygen atoms in total. The predicted octanol–water partition coefficient (Wildman–Crippen LogP) is 3.06. The summed E-state index contributed by atoms with van der Waals surface area (Å²) in [4.78, 5) is 32.9. The molecule has 0 bridgehead atoms. The number of piperazine rings is 1. The summed E-state index contributed by atoms with van der Waals surface area (Å²) in [5, 5.41) is 14.8. The summed E-state index contributed by atoms with van der Waals surface area (Å²) < 4.78 is 1.66. The van der Waals surface area contributed by atoms with Crippen LogP contribution in [0.5, 0.6) is 0 Å². The molecular weight excluding hydrogens is 456 g/mol. The summed E-state index contributed by atoms with van der Waals surface area (Å²) in [6, 6.07) is 17.0. The van der Waals surface area contributed by atoms with Gasteiger partial charge in [0.1, 0.15) is 6.04 Å². The van der Waals surface area contributed by atoms with Crippen LogP contribution in [-0.4, -0.2) is 62.9 Å². The van der Waals surface area contributed by atoms with Crippen molar-refractivity contribution in [3.63, 3.8) is 0 Å². The van der Waals surface area contributed by atoms with Gasteiger partial charge in [0.2, 0.25) is 5.91 Å². The van der Waals surface area contributed by atoms with Crippen LogP contribution in [0.25, 0.3) is 22.0 Å². The van der Waals surface area contributed by atoms with E-state index in [-0.39, 0.29) is 5.91 Å². The molecule has 0 radical (unpaired) electrons. The van der Waals surface area contributed by atoms with Crippen molar-refractivity contribution in [2.45, 2.75) is 19.4 Å². The zero-order valence-electron chi connectivity index (χ0n) is 20.0. The number of hydrogen-bond acceptors (Lipinski definition) is 6. The monoisotopic (exact) mass is 484 g/mol. The lowest BCUT2D eigenvalue weighted by atomic mass is 10.0. The van der Waals surface area contributed by atoms with Gasteiger partial charge in [-0.05, 0) is 23.3 Å². The Morgan fingerprint density at radius 2 is 1.75 bits per heavy atom. The number of hydroxylamine groups is 1. The van der Waals surface area contributed by atoms with Gasteiger partial charge in [0.05, 0.1) is 23.6 Å². The molecule has 1 fully saturated rings. The molecule has 1 atom stereocenters. The van der Waals surface area contributed by atoms with Crippen molar-refractivity contribution in [3.05, 3.63) is 78.8 Å². The zero-order valence-corrected chi connectivity index (χ0v) is 20.0. The molecule has 0 spiro atoms. The van der Waals surface area contributed by atoms with Crippen molar-refractivity contribution < 1.29 is 14.8 Å². The fourth-order valence-electron chi connectivity index (χ4n) is 4.71. The summed E-state index contributed by atoms with van der Waals surface area (Å²) >= 11 is 0. The molecule has 0 saturated carbocycles. The number of carbonyl (C=O) groups is 2. The van der Waals surface area contributed by atoms with Crippen LogP contribution >= 0.6 is 0 Å². The summed E-state index contributed by atoms with van der Waals surface area (Å²) in [5.41, 5.74) is 6.45. The van der Waals surface area contributed by atoms with Crippen LogP contribution < -0.4 is 10.4 Å². The van der Waals surface area contributed by atoms with E-state index < -0.39 is 11.9 Å². The Morgan fingerprint density at radius 3 is 2.47 bits per heavy atom. The molecule has 9 heteroatoms. The highest BCUT2D eigenvalue weighted by atomic mass is 16.5. The lowest BCUT2D eigenvalue weighted by Gasteiger charge is -2.35. The molecule has 2 N–H and O–H groups in total. The number of anilines is 1. The predicted molar refractivity (Wildman–Crippen MR) is 137 cm³/mol. The Labute approximate surface area is 208 Å². The van der Waals surface area contributed by atoms with E-state index in [0.717, 1.165) is 46.4 Å². The van der Waals surface area contributed by atoms with Crippen molar-refractivity contribution >= 4 is 28.4 Å². The quantitative estimate of drug-likeness (QED) is 0.322. The van der Waals surface area contributed by atoms with Crippen LogP contribution in [0.15, 0.2) is 73.2 Å². The zero-order chi connectivity index (χ0) is 25.1. The molecule has 1 aliphatic heterocycles. The first-order chi connectivity index (χ1) is 17.5. The molecule has 2 aromatic carbocycles. The fourth-order valence-corrected chi connectivity index (χ4v) is 4.71. The van der Waals surface area contributed by atoms with Crippen LogP contribution in [0.2, 0.25) is 0 Å². The van der Waals surface area contributed by atoms with Crippen molar-refractivity contribution in [3.8, 4) is 11.1 Å². The SMILES string of the molecule is CC(=O)N1CCN(c2cncc(-c3ccc4cnn(C(Cc5ccccc5)C(=O)NO)c4c3)c2)CC1. The van der Waals surface area contributed by atoms with Gasteiger partial charge in [0.25, 0.3) is 5.91 Å². The Hall–Kier alpha value is -4.24. The number of benzene rings is 2. The van der Waals surface area contributed by atoms with Crippen molar-refractivity contribution in [2.75, 3.05) is 31.1 Å². The molecule has 2 amide bonds. The molecule has 1 aliphatic rings. The second-order valence-electron chi connectivity index (χ2n) is 8.97. The van der Waals surface area contributed by atoms with E-state index in [4.69, 9.17) is 0 Å². The van der Waals surface area contributed by atoms with Crippen LogP contribution in [0.3, 0.4) is 0 Å². The van der Waals surface area contributed by atoms with E-state index in [1.807, 2.05) is 65.8 Å². The van der Waals surface area contributed by atoms with Crippen molar-refractivity contribution in [2.24, 2.45) is 0 Å². The van der Waals surface area contributed by atoms with Gasteiger partial charge < -0.3 is 9.80 Å². The smallest absolute Gasteiger partial charge is 0.268 e. The minimum absolute atomic E-state index is 0.104. The largest absolute Gasteiger partial charge is 0.367 e. The third-order valence-corrected chi connectivity index (χ3v) is 6.73. The van der Waals surface area contributed by atoms with E-state index in [2.05, 4.69) is 21.0 Å². The van der Waals surface area contributed by atoms with Gasteiger partial charge in [0.15, 0.2) is 0 Å². The van der Waals surface area contributed by atoms with Gasteiger partial charge in [-0.25, -0.2) is 5.48 Å². The van der Waals surface area contributed by atoms with Crippen molar-refractivity contribution in [1.82, 2.24) is 25.1 Å². The molecule has 1 saturated heterocycles. The summed E-state index contributed by atoms with van der Waals surface area (Å²) in [6.07, 6.45) is 5.78. The standard InChI is InChI=1S/C27H28N6O3/c1-19(34)31-9-11-32(12-10-31)24-14-23(16-28-18-24)21-7-8-22-17-29-33(25(22)15-21)26(27(35)30-36)13-20-5-3-2-4-6-20/h2-8,14-18,26,36H,9-13H2,1H3,(H,30,35). The number of nitrogens with one attached hydrogen (secondary N) is 1. The van der Waals surface area contributed by atoms with Gasteiger partial charge in [0, 0.05) is 56.7 Å². The first kappa shape index (κ1) is 23.5. The second kappa shape index (κ2) is 10.2. The maximum Gasteiger partial charge on any atom is 0.268 e. The molecule has 0 aliphatic carbocycles. The number of amides is 2. The summed E-state index contributed by atoms with van der Waals surface area (Å²) in [7, 11) is 0. The number of aromatic nitrogens is 3. The fraction of sp³-hybridized carbons (Fsp3) is 0.259. The highest BCUT2D eigenvalue weighted by Gasteiger charge is 2.24. The Bertz CT molecular complexity index is 1380. The van der Waals surface area contributed by atoms with Gasteiger partial charge in [-0.2, -0.15) is 5.10 Å². The van der Waals surface area contributed by atoms with E-state index in [9.17, 15) is 14.8 Å². The summed E-state index contributed by atoms with van der Waals surface area (Å²) in [5.74, 6) is -0.422. The van der Waals surface area contributed by atoms with Gasteiger partial charge in [-0.15, -0.1) is 0 Å². The Kier molecular flexibility index (Phi) is 6.64. The number of pyridine rings is 1. The first-order valence-corrected chi connectivity index (χ1v) is 11.9. The third-order valence-electron chi connectivity index (χ3n) is 6.73. The number of nitrogens with zero attached hydrogens (tertiary/aromatic N) is 5. The van der Waals surface area contributed by atoms with Gasteiger partial charge in [-0.3, -0.25) is 24.5 Å². The highest BCUT2D eigenvalue weighted by Crippen LogP contribution is 2.29. The molecular formula is C27H28N6O3. The van der Waals surface area contributed by atoms with Crippen LogP contribution in [0.4, 0.5) is 5.69 Å². The average Bonchev–Trinajstić information content (AvgIpc) is 3.35. The normalized spacial score (nSPS) is 14.6. The second-order valence-corrected chi connectivity index (χ2v) is 8.97. The molecule has 184 valence electrons. The number of rotatable bonds is 6. The molecule has 4 aromatic rings. The maximum absolute atomic E-state index is 12.6. The minimum atomic E-state index is -0.716. The van der Waals surface area contributed by atoms with Gasteiger partial charge >= 0.3 is 0 Å². The van der Waals surface area contributed by atoms with E-state index in [0.29, 0.717) is 19.5 Å². The minimum Gasteiger partial charge on any atom is -0.367 e. The number of fused-ring (bicyclic) bond motifs is 1. The van der Waals surface area contributed by atoms with Gasteiger partial charge in [-0.1, -0.05) is 42.5 Å². The Morgan fingerprint density at radius 1 is 0.972 bits per heavy atom. The van der Waals surface area contributed by atoms with Crippen LogP contribution in [0.1, 0.15) is 18.5 Å². The first-order valence-electron chi connectivity index (χ1n) is 11.9. The average molecular weight is 485 g/mol. The van der Waals surface area contributed by atoms with Crippen LogP contribution in [-0.2, 0) is 16.0 Å². The van der Waals surface area contributed by atoms with E-state index in [1.165, 1.54) is 0 Å². The molecule has 1 unspecified atom stereocenters. The maximum atomic E-state index is 12.6. The number of carbonyl (C=O) groups excluding carboxylic acids is 2. The number of hydrogen-bond donors (Lipinski definition) is 2. The molecule has 36 heavy (non-hydrogen) atoms. The highest BCUT2D eigenvalue weighted by molar-refractivity contribution is 5.87. The topological polar surface area (TPSA) is 104 Å².